The number of thiophene rings is 1. The number of amides is 2. The molecule has 7 nitrogen and oxygen atoms in total. The molecule has 0 atom stereocenters. The second kappa shape index (κ2) is 10.0. The summed E-state index contributed by atoms with van der Waals surface area (Å²) in [5.41, 5.74) is 0.876. The van der Waals surface area contributed by atoms with Gasteiger partial charge < -0.3 is 15.4 Å². The SMILES string of the molecule is O=C(CCS(=O)(=O)c1cccs1)Nc1ccc(C(=O)Nc2ccc(OC(F)(F)F)cc2)cc1. The van der Waals surface area contributed by atoms with E-state index in [1.165, 1.54) is 42.5 Å². The van der Waals surface area contributed by atoms with Crippen LogP contribution in [0.1, 0.15) is 16.8 Å². The Morgan fingerprint density at radius 2 is 1.52 bits per heavy atom. The first kappa shape index (κ1) is 24.3. The number of carbonyl (C=O) groups excluding carboxylic acids is 2. The van der Waals surface area contributed by atoms with E-state index in [4.69, 9.17) is 0 Å². The molecule has 12 heteroatoms. The molecular formula is C21H17F3N2O5S2. The molecule has 0 aliphatic heterocycles. The Bertz CT molecular complexity index is 1210. The second-order valence-corrected chi connectivity index (χ2v) is 9.94. The topological polar surface area (TPSA) is 102 Å². The average Bonchev–Trinajstić information content (AvgIpc) is 3.29. The Hall–Kier alpha value is -3.38. The number of alkyl halides is 3. The predicted octanol–water partition coefficient (Wildman–Crippen LogP) is 4.70. The van der Waals surface area contributed by atoms with Crippen LogP contribution in [0.4, 0.5) is 24.5 Å². The molecule has 3 aromatic rings. The van der Waals surface area contributed by atoms with E-state index in [1.807, 2.05) is 0 Å². The maximum absolute atomic E-state index is 12.3. The molecule has 0 spiro atoms. The molecule has 0 saturated carbocycles. The van der Waals surface area contributed by atoms with Crippen molar-refractivity contribution >= 4 is 44.4 Å². The molecule has 2 amide bonds. The number of rotatable bonds is 8. The average molecular weight is 499 g/mol. The van der Waals surface area contributed by atoms with E-state index in [9.17, 15) is 31.2 Å². The molecule has 0 bridgehead atoms. The minimum absolute atomic E-state index is 0.202. The lowest BCUT2D eigenvalue weighted by Gasteiger charge is -2.10. The summed E-state index contributed by atoms with van der Waals surface area (Å²) in [5, 5.41) is 6.73. The number of halogens is 3. The summed E-state index contributed by atoms with van der Waals surface area (Å²) in [6, 6.07) is 13.6. The van der Waals surface area contributed by atoms with Crippen LogP contribution in [0.3, 0.4) is 0 Å². The Morgan fingerprint density at radius 3 is 2.09 bits per heavy atom. The fraction of sp³-hybridized carbons (Fsp3) is 0.143. The highest BCUT2D eigenvalue weighted by atomic mass is 32.2. The molecule has 33 heavy (non-hydrogen) atoms. The third kappa shape index (κ3) is 7.32. The van der Waals surface area contributed by atoms with Gasteiger partial charge in [0.1, 0.15) is 9.96 Å². The highest BCUT2D eigenvalue weighted by Gasteiger charge is 2.31. The van der Waals surface area contributed by atoms with Gasteiger partial charge in [0.25, 0.3) is 5.91 Å². The lowest BCUT2D eigenvalue weighted by molar-refractivity contribution is -0.274. The van der Waals surface area contributed by atoms with E-state index in [1.54, 1.807) is 11.4 Å². The number of carbonyl (C=O) groups is 2. The van der Waals surface area contributed by atoms with Crippen molar-refractivity contribution in [2.45, 2.75) is 17.0 Å². The van der Waals surface area contributed by atoms with Crippen LogP contribution in [0.5, 0.6) is 5.75 Å². The van der Waals surface area contributed by atoms with Gasteiger partial charge >= 0.3 is 6.36 Å². The monoisotopic (exact) mass is 498 g/mol. The number of ether oxygens (including phenoxy) is 1. The fourth-order valence-corrected chi connectivity index (χ4v) is 5.03. The third-order valence-corrected chi connectivity index (χ3v) is 7.38. The molecule has 0 radical (unpaired) electrons. The summed E-state index contributed by atoms with van der Waals surface area (Å²) >= 11 is 1.08. The van der Waals surface area contributed by atoms with Crippen molar-refractivity contribution in [3.05, 3.63) is 71.6 Å². The van der Waals surface area contributed by atoms with Crippen LogP contribution >= 0.6 is 11.3 Å². The fourth-order valence-electron chi connectivity index (χ4n) is 2.64. The molecule has 2 aromatic carbocycles. The van der Waals surface area contributed by atoms with E-state index in [2.05, 4.69) is 15.4 Å². The maximum atomic E-state index is 12.3. The molecule has 0 saturated heterocycles. The van der Waals surface area contributed by atoms with Gasteiger partial charge in [0, 0.05) is 23.4 Å². The quantitative estimate of drug-likeness (QED) is 0.469. The van der Waals surface area contributed by atoms with Crippen LogP contribution in [0.25, 0.3) is 0 Å². The maximum Gasteiger partial charge on any atom is 0.573 e. The third-order valence-electron chi connectivity index (χ3n) is 4.18. The van der Waals surface area contributed by atoms with Gasteiger partial charge in [-0.1, -0.05) is 6.07 Å². The van der Waals surface area contributed by atoms with E-state index < -0.39 is 33.8 Å². The lowest BCUT2D eigenvalue weighted by Crippen LogP contribution is -2.17. The van der Waals surface area contributed by atoms with Crippen LogP contribution in [0, 0.1) is 0 Å². The van der Waals surface area contributed by atoms with Crippen molar-refractivity contribution in [1.82, 2.24) is 0 Å². The number of sulfone groups is 1. The van der Waals surface area contributed by atoms with Gasteiger partial charge in [0.2, 0.25) is 5.91 Å². The smallest absolute Gasteiger partial charge is 0.406 e. The minimum Gasteiger partial charge on any atom is -0.406 e. The molecule has 1 heterocycles. The summed E-state index contributed by atoms with van der Waals surface area (Å²) in [7, 11) is -3.52. The van der Waals surface area contributed by atoms with Crippen molar-refractivity contribution in [3.8, 4) is 5.75 Å². The summed E-state index contributed by atoms with van der Waals surface area (Å²) < 4.78 is 64.8. The lowest BCUT2D eigenvalue weighted by atomic mass is 10.2. The Kier molecular flexibility index (Phi) is 7.39. The van der Waals surface area contributed by atoms with Gasteiger partial charge in [-0.05, 0) is 60.0 Å². The highest BCUT2D eigenvalue weighted by molar-refractivity contribution is 7.93. The molecule has 3 rings (SSSR count). The van der Waals surface area contributed by atoms with Gasteiger partial charge in [-0.3, -0.25) is 9.59 Å². The number of nitrogens with one attached hydrogen (secondary N) is 2. The molecule has 174 valence electrons. The Labute approximate surface area is 191 Å². The van der Waals surface area contributed by atoms with E-state index in [-0.39, 0.29) is 27.6 Å². The first-order chi connectivity index (χ1) is 15.5. The highest BCUT2D eigenvalue weighted by Crippen LogP contribution is 2.24. The zero-order valence-corrected chi connectivity index (χ0v) is 18.4. The van der Waals surface area contributed by atoms with Crippen molar-refractivity contribution in [2.24, 2.45) is 0 Å². The first-order valence-corrected chi connectivity index (χ1v) is 11.9. The normalized spacial score (nSPS) is 11.6. The van der Waals surface area contributed by atoms with E-state index >= 15 is 0 Å². The molecule has 0 aliphatic rings. The standard InChI is InChI=1S/C21H17F3N2O5S2/c22-21(23,24)31-17-9-7-16(8-10-17)26-20(28)14-3-5-15(6-4-14)25-18(27)11-13-33(29,30)19-2-1-12-32-19/h1-10,12H,11,13H2,(H,25,27)(H,26,28). The van der Waals surface area contributed by atoms with Gasteiger partial charge in [-0.25, -0.2) is 8.42 Å². The van der Waals surface area contributed by atoms with Crippen LogP contribution < -0.4 is 15.4 Å². The van der Waals surface area contributed by atoms with Crippen LogP contribution in [-0.2, 0) is 14.6 Å². The summed E-state index contributed by atoms with van der Waals surface area (Å²) in [4.78, 5) is 24.4. The molecular weight excluding hydrogens is 481 g/mol. The van der Waals surface area contributed by atoms with Crippen LogP contribution in [-0.4, -0.2) is 32.3 Å². The van der Waals surface area contributed by atoms with Gasteiger partial charge in [-0.2, -0.15) is 0 Å². The first-order valence-electron chi connectivity index (χ1n) is 9.35. The largest absolute Gasteiger partial charge is 0.573 e. The van der Waals surface area contributed by atoms with Crippen molar-refractivity contribution < 1.29 is 35.9 Å². The van der Waals surface area contributed by atoms with Crippen LogP contribution in [0.2, 0.25) is 0 Å². The predicted molar refractivity (Wildman–Crippen MR) is 117 cm³/mol. The van der Waals surface area contributed by atoms with E-state index in [0.717, 1.165) is 23.5 Å². The molecule has 0 fully saturated rings. The molecule has 2 N–H and O–H groups in total. The van der Waals surface area contributed by atoms with Crippen molar-refractivity contribution in [3.63, 3.8) is 0 Å². The van der Waals surface area contributed by atoms with E-state index in [0.29, 0.717) is 5.69 Å². The Morgan fingerprint density at radius 1 is 0.909 bits per heavy atom. The van der Waals surface area contributed by atoms with Gasteiger partial charge in [-0.15, -0.1) is 24.5 Å². The van der Waals surface area contributed by atoms with Gasteiger partial charge in [0.05, 0.1) is 5.75 Å². The zero-order chi connectivity index (χ0) is 24.1. The number of hydrogen-bond donors (Lipinski definition) is 2. The van der Waals surface area contributed by atoms with Gasteiger partial charge in [0.15, 0.2) is 9.84 Å². The minimum atomic E-state index is -4.81. The zero-order valence-electron chi connectivity index (χ0n) is 16.8. The number of benzene rings is 2. The number of hydrogen-bond acceptors (Lipinski definition) is 6. The molecule has 0 aliphatic carbocycles. The summed E-state index contributed by atoms with van der Waals surface area (Å²) in [6.07, 6.45) is -5.03. The van der Waals surface area contributed by atoms with Crippen LogP contribution in [0.15, 0.2) is 70.3 Å². The molecule has 0 unspecified atom stereocenters. The van der Waals surface area contributed by atoms with Crippen molar-refractivity contribution in [2.75, 3.05) is 16.4 Å². The Balaban J connectivity index is 1.52. The number of anilines is 2. The second-order valence-electron chi connectivity index (χ2n) is 6.65. The summed E-state index contributed by atoms with van der Waals surface area (Å²) in [5.74, 6) is -1.75. The summed E-state index contributed by atoms with van der Waals surface area (Å²) in [6.45, 7) is 0. The molecule has 1 aromatic heterocycles. The van der Waals surface area contributed by atoms with Crippen molar-refractivity contribution in [1.29, 1.82) is 0 Å².